The van der Waals surface area contributed by atoms with Gasteiger partial charge in [-0.3, -0.25) is 5.32 Å². The number of hydrogen-bond donors (Lipinski definition) is 1. The summed E-state index contributed by atoms with van der Waals surface area (Å²) in [4.78, 5) is 22.0. The molecule has 0 saturated heterocycles. The minimum absolute atomic E-state index is 0.189. The van der Waals surface area contributed by atoms with Crippen molar-refractivity contribution in [2.75, 3.05) is 11.9 Å². The van der Waals surface area contributed by atoms with Crippen LogP contribution in [-0.2, 0) is 4.74 Å². The molecule has 0 fully saturated rings. The molecule has 5 rings (SSSR count). The number of anilines is 2. The van der Waals surface area contributed by atoms with Gasteiger partial charge in [-0.05, 0) is 69.2 Å². The van der Waals surface area contributed by atoms with E-state index in [0.29, 0.717) is 27.8 Å². The number of carbonyl (C=O) groups is 1. The summed E-state index contributed by atoms with van der Waals surface area (Å²) in [7, 11) is 0. The van der Waals surface area contributed by atoms with E-state index >= 15 is 0 Å². The van der Waals surface area contributed by atoms with Crippen molar-refractivity contribution in [2.24, 2.45) is 0 Å². The topological polar surface area (TPSA) is 95.1 Å². The summed E-state index contributed by atoms with van der Waals surface area (Å²) >= 11 is 6.08. The van der Waals surface area contributed by atoms with Crippen LogP contribution in [0.2, 0.25) is 5.02 Å². The predicted molar refractivity (Wildman–Crippen MR) is 131 cm³/mol. The van der Waals surface area contributed by atoms with Crippen LogP contribution in [0.5, 0.6) is 0 Å². The molecule has 0 atom stereocenters. The molecule has 0 spiro atoms. The van der Waals surface area contributed by atoms with E-state index in [9.17, 15) is 4.79 Å². The lowest BCUT2D eigenvalue weighted by molar-refractivity contribution is 0.0527. The minimum atomic E-state index is -0.514. The first kappa shape index (κ1) is 21.9. The predicted octanol–water partition coefficient (Wildman–Crippen LogP) is 6.06. The molecule has 0 radical (unpaired) electrons. The number of aryl methyl sites for hydroxylation is 3. The van der Waals surface area contributed by atoms with Crippen LogP contribution in [0.3, 0.4) is 0 Å². The van der Waals surface area contributed by atoms with Crippen molar-refractivity contribution in [2.45, 2.75) is 27.7 Å². The first-order valence-electron chi connectivity index (χ1n) is 10.8. The molecular weight excluding hydrogens is 454 g/mol. The zero-order valence-corrected chi connectivity index (χ0v) is 19.9. The van der Waals surface area contributed by atoms with Crippen LogP contribution in [0, 0.1) is 20.8 Å². The molecule has 0 aliphatic rings. The molecule has 5 aromatic rings. The second-order valence-electron chi connectivity index (χ2n) is 8.07. The minimum Gasteiger partial charge on any atom is -0.462 e. The van der Waals surface area contributed by atoms with E-state index in [1.54, 1.807) is 29.8 Å². The maximum absolute atomic E-state index is 12.7. The fraction of sp³-hybridized carbons (Fsp3) is 0.200. The Morgan fingerprint density at radius 2 is 1.94 bits per heavy atom. The molecule has 34 heavy (non-hydrogen) atoms. The number of fused-ring (bicyclic) bond motifs is 2. The van der Waals surface area contributed by atoms with Gasteiger partial charge in [0.1, 0.15) is 11.1 Å². The van der Waals surface area contributed by atoms with Gasteiger partial charge in [-0.25, -0.2) is 9.78 Å². The van der Waals surface area contributed by atoms with Crippen LogP contribution >= 0.6 is 11.6 Å². The Labute approximate surface area is 200 Å². The van der Waals surface area contributed by atoms with Crippen molar-refractivity contribution in [3.8, 4) is 5.82 Å². The first-order chi connectivity index (χ1) is 16.3. The molecule has 0 saturated carbocycles. The quantitative estimate of drug-likeness (QED) is 0.308. The molecular formula is C25H22ClN5O3. The summed E-state index contributed by atoms with van der Waals surface area (Å²) in [5, 5.41) is 9.17. The van der Waals surface area contributed by atoms with E-state index in [-0.39, 0.29) is 18.2 Å². The highest BCUT2D eigenvalue weighted by molar-refractivity contribution is 6.31. The third-order valence-corrected chi connectivity index (χ3v) is 5.73. The maximum Gasteiger partial charge on any atom is 0.343 e. The third-order valence-electron chi connectivity index (χ3n) is 5.50. The van der Waals surface area contributed by atoms with Gasteiger partial charge in [-0.15, -0.1) is 0 Å². The molecule has 0 aliphatic carbocycles. The number of esters is 1. The first-order valence-corrected chi connectivity index (χ1v) is 11.2. The fourth-order valence-corrected chi connectivity index (χ4v) is 4.16. The standard InChI is InChI=1S/C25H22ClN5O3/c1-5-33-24(32)18-12-27-31(21-10-14(3)17-9-13(2)8-15(4)22(17)29-21)23(18)30-25-28-19-11-16(26)6-7-20(19)34-25/h6-12H,5H2,1-4H3,(H,28,30). The van der Waals surface area contributed by atoms with E-state index in [0.717, 1.165) is 22.0 Å². The van der Waals surface area contributed by atoms with Crippen molar-refractivity contribution in [1.29, 1.82) is 0 Å². The SMILES string of the molecule is CCOC(=O)c1cnn(-c2cc(C)c3cc(C)cc(C)c3n2)c1Nc1nc2cc(Cl)ccc2o1. The summed E-state index contributed by atoms with van der Waals surface area (Å²) in [6.07, 6.45) is 1.45. The molecule has 0 amide bonds. The number of rotatable bonds is 5. The van der Waals surface area contributed by atoms with Crippen LogP contribution in [-0.4, -0.2) is 32.3 Å². The molecule has 8 nitrogen and oxygen atoms in total. The molecule has 172 valence electrons. The van der Waals surface area contributed by atoms with Crippen molar-refractivity contribution in [3.05, 3.63) is 69.9 Å². The smallest absolute Gasteiger partial charge is 0.343 e. The zero-order chi connectivity index (χ0) is 24.0. The summed E-state index contributed by atoms with van der Waals surface area (Å²) < 4.78 is 12.6. The highest BCUT2D eigenvalue weighted by Gasteiger charge is 2.23. The van der Waals surface area contributed by atoms with Crippen LogP contribution < -0.4 is 5.32 Å². The van der Waals surface area contributed by atoms with Gasteiger partial charge in [0.2, 0.25) is 0 Å². The highest BCUT2D eigenvalue weighted by atomic mass is 35.5. The number of pyridine rings is 1. The summed E-state index contributed by atoms with van der Waals surface area (Å²) in [6, 6.07) is 11.5. The number of nitrogens with one attached hydrogen (secondary N) is 1. The Morgan fingerprint density at radius 3 is 2.74 bits per heavy atom. The van der Waals surface area contributed by atoms with Gasteiger partial charge in [0.25, 0.3) is 0 Å². The normalized spacial score (nSPS) is 11.3. The fourth-order valence-electron chi connectivity index (χ4n) is 3.99. The number of aromatic nitrogens is 4. The van der Waals surface area contributed by atoms with Crippen LogP contribution in [0.1, 0.15) is 34.0 Å². The Morgan fingerprint density at radius 1 is 1.12 bits per heavy atom. The molecule has 2 aromatic carbocycles. The number of oxazole rings is 1. The average molecular weight is 476 g/mol. The lowest BCUT2D eigenvalue weighted by Crippen LogP contribution is -2.10. The van der Waals surface area contributed by atoms with E-state index in [1.165, 1.54) is 11.8 Å². The van der Waals surface area contributed by atoms with Crippen LogP contribution in [0.25, 0.3) is 27.8 Å². The molecule has 0 bridgehead atoms. The molecule has 3 aromatic heterocycles. The molecule has 0 aliphatic heterocycles. The third kappa shape index (κ3) is 3.86. The van der Waals surface area contributed by atoms with Crippen molar-refractivity contribution < 1.29 is 13.9 Å². The maximum atomic E-state index is 12.7. The number of benzene rings is 2. The van der Waals surface area contributed by atoms with Crippen LogP contribution in [0.15, 0.2) is 47.0 Å². The van der Waals surface area contributed by atoms with Gasteiger partial charge in [0.15, 0.2) is 17.2 Å². The van der Waals surface area contributed by atoms with E-state index in [1.807, 2.05) is 19.9 Å². The van der Waals surface area contributed by atoms with Crippen LogP contribution in [0.4, 0.5) is 11.8 Å². The second-order valence-corrected chi connectivity index (χ2v) is 8.51. The van der Waals surface area contributed by atoms with Gasteiger partial charge in [0, 0.05) is 10.4 Å². The number of halogens is 1. The Bertz CT molecular complexity index is 1570. The lowest BCUT2D eigenvalue weighted by Gasteiger charge is -2.12. The highest BCUT2D eigenvalue weighted by Crippen LogP contribution is 2.30. The van der Waals surface area contributed by atoms with Gasteiger partial charge < -0.3 is 9.15 Å². The molecule has 0 unspecified atom stereocenters. The summed E-state index contributed by atoms with van der Waals surface area (Å²) in [5.74, 6) is 0.376. The Hall–Kier alpha value is -3.91. The van der Waals surface area contributed by atoms with Gasteiger partial charge in [-0.2, -0.15) is 14.8 Å². The molecule has 1 N–H and O–H groups in total. The largest absolute Gasteiger partial charge is 0.462 e. The van der Waals surface area contributed by atoms with Crippen molar-refractivity contribution in [3.63, 3.8) is 0 Å². The van der Waals surface area contributed by atoms with Gasteiger partial charge in [-0.1, -0.05) is 23.2 Å². The number of carbonyl (C=O) groups excluding carboxylic acids is 1. The molecule has 9 heteroatoms. The van der Waals surface area contributed by atoms with E-state index < -0.39 is 5.97 Å². The Kier molecular flexibility index (Phi) is 5.45. The lowest BCUT2D eigenvalue weighted by atomic mass is 10.0. The average Bonchev–Trinajstić information content (AvgIpc) is 3.38. The van der Waals surface area contributed by atoms with E-state index in [2.05, 4.69) is 34.5 Å². The zero-order valence-electron chi connectivity index (χ0n) is 19.1. The summed E-state index contributed by atoms with van der Waals surface area (Å²) in [5.41, 5.74) is 5.53. The van der Waals surface area contributed by atoms with Gasteiger partial charge >= 0.3 is 12.0 Å². The monoisotopic (exact) mass is 475 g/mol. The van der Waals surface area contributed by atoms with Crippen molar-refractivity contribution >= 4 is 51.4 Å². The number of ether oxygens (including phenoxy) is 1. The summed E-state index contributed by atoms with van der Waals surface area (Å²) in [6.45, 7) is 8.10. The number of hydrogen-bond acceptors (Lipinski definition) is 7. The second kappa shape index (κ2) is 8.46. The van der Waals surface area contributed by atoms with Crippen molar-refractivity contribution in [1.82, 2.24) is 19.7 Å². The molecule has 3 heterocycles. The number of nitrogens with zero attached hydrogens (tertiary/aromatic N) is 4. The van der Waals surface area contributed by atoms with Gasteiger partial charge in [0.05, 0.1) is 18.3 Å². The Balaban J connectivity index is 1.66. The van der Waals surface area contributed by atoms with E-state index in [4.69, 9.17) is 25.7 Å².